The number of amides is 1. The Kier molecular flexibility index (Phi) is 6.88. The number of carbonyl (C=O) groups is 2. The van der Waals surface area contributed by atoms with Crippen LogP contribution in [-0.2, 0) is 22.4 Å². The van der Waals surface area contributed by atoms with Crippen molar-refractivity contribution in [3.8, 4) is 17.3 Å². The molecule has 2 heterocycles. The van der Waals surface area contributed by atoms with E-state index in [4.69, 9.17) is 14.4 Å². The molecule has 0 bridgehead atoms. The van der Waals surface area contributed by atoms with E-state index < -0.39 is 5.97 Å². The maximum absolute atomic E-state index is 12.0. The summed E-state index contributed by atoms with van der Waals surface area (Å²) in [5, 5.41) is 15.3. The van der Waals surface area contributed by atoms with Crippen LogP contribution in [0.3, 0.4) is 0 Å². The average molecular weight is 396 g/mol. The molecule has 2 N–H and O–H groups in total. The predicted molar refractivity (Wildman–Crippen MR) is 102 cm³/mol. The third-order valence-electron chi connectivity index (χ3n) is 3.95. The van der Waals surface area contributed by atoms with Crippen molar-refractivity contribution in [1.82, 2.24) is 20.4 Å². The third-order valence-corrected chi connectivity index (χ3v) is 3.95. The highest BCUT2D eigenvalue weighted by Gasteiger charge is 2.11. The van der Waals surface area contributed by atoms with E-state index in [1.807, 2.05) is 18.2 Å². The number of rotatable bonds is 10. The fourth-order valence-electron chi connectivity index (χ4n) is 2.51. The number of nitrogens with zero attached hydrogens (tertiary/aromatic N) is 3. The number of carboxylic acid groups (broad SMARTS) is 1. The van der Waals surface area contributed by atoms with Crippen LogP contribution >= 0.6 is 0 Å². The first-order valence-corrected chi connectivity index (χ1v) is 9.04. The summed E-state index contributed by atoms with van der Waals surface area (Å²) in [7, 11) is 0. The number of aryl methyl sites for hydroxylation is 1. The largest absolute Gasteiger partial charge is 0.482 e. The maximum atomic E-state index is 12.0. The first kappa shape index (κ1) is 20.0. The minimum atomic E-state index is -1.02. The summed E-state index contributed by atoms with van der Waals surface area (Å²) in [6.07, 6.45) is 2.89. The maximum Gasteiger partial charge on any atom is 0.341 e. The number of nitrogens with one attached hydrogen (secondary N) is 1. The van der Waals surface area contributed by atoms with Gasteiger partial charge in [0.25, 0.3) is 0 Å². The van der Waals surface area contributed by atoms with Gasteiger partial charge in [-0.15, -0.1) is 0 Å². The van der Waals surface area contributed by atoms with E-state index in [1.54, 1.807) is 30.5 Å². The van der Waals surface area contributed by atoms with Crippen LogP contribution in [0.4, 0.5) is 0 Å². The second kappa shape index (κ2) is 9.98. The van der Waals surface area contributed by atoms with Gasteiger partial charge in [0.2, 0.25) is 17.6 Å². The number of aromatic nitrogens is 3. The first-order chi connectivity index (χ1) is 14.1. The summed E-state index contributed by atoms with van der Waals surface area (Å²) >= 11 is 0. The Morgan fingerprint density at radius 1 is 1.10 bits per heavy atom. The number of carbonyl (C=O) groups excluding carboxylic acids is 1. The molecule has 0 unspecified atom stereocenters. The number of aliphatic carboxylic acids is 1. The topological polar surface area (TPSA) is 127 Å². The third kappa shape index (κ3) is 6.42. The molecule has 0 saturated carbocycles. The van der Waals surface area contributed by atoms with Gasteiger partial charge in [-0.3, -0.25) is 9.78 Å². The van der Waals surface area contributed by atoms with E-state index >= 15 is 0 Å². The molecular formula is C20H20N4O5. The van der Waals surface area contributed by atoms with E-state index in [9.17, 15) is 9.59 Å². The molecule has 1 amide bonds. The van der Waals surface area contributed by atoms with E-state index in [1.165, 1.54) is 0 Å². The quantitative estimate of drug-likeness (QED) is 0.532. The lowest BCUT2D eigenvalue weighted by Crippen LogP contribution is -2.25. The minimum Gasteiger partial charge on any atom is -0.482 e. The van der Waals surface area contributed by atoms with E-state index in [0.29, 0.717) is 42.5 Å². The Balaban J connectivity index is 1.37. The number of pyridine rings is 1. The van der Waals surface area contributed by atoms with Crippen LogP contribution in [0.1, 0.15) is 17.9 Å². The molecule has 1 aromatic carbocycles. The Labute approximate surface area is 166 Å². The number of ether oxygens (including phenoxy) is 1. The fraction of sp³-hybridized carbons (Fsp3) is 0.250. The smallest absolute Gasteiger partial charge is 0.341 e. The molecule has 9 heteroatoms. The SMILES string of the molecule is O=C(O)COc1ccc(CCNC(=O)CCc2nc(-c3ccccn3)no2)cc1. The highest BCUT2D eigenvalue weighted by molar-refractivity contribution is 5.76. The number of hydrogen-bond donors (Lipinski definition) is 2. The second-order valence-corrected chi connectivity index (χ2v) is 6.15. The molecule has 2 aromatic heterocycles. The van der Waals surface area contributed by atoms with Crippen LogP contribution < -0.4 is 10.1 Å². The van der Waals surface area contributed by atoms with Gasteiger partial charge < -0.3 is 19.7 Å². The Morgan fingerprint density at radius 3 is 2.66 bits per heavy atom. The fourth-order valence-corrected chi connectivity index (χ4v) is 2.51. The standard InChI is InChI=1S/C20H20N4O5/c25-17(8-9-18-23-20(24-29-18)16-3-1-2-11-21-16)22-12-10-14-4-6-15(7-5-14)28-13-19(26)27/h1-7,11H,8-10,12-13H2,(H,22,25)(H,26,27). The lowest BCUT2D eigenvalue weighted by Gasteiger charge is -2.06. The molecule has 0 saturated heterocycles. The summed E-state index contributed by atoms with van der Waals surface area (Å²) in [6.45, 7) is 0.107. The molecule has 0 aliphatic heterocycles. The van der Waals surface area contributed by atoms with Crippen LogP contribution in [0.25, 0.3) is 11.5 Å². The van der Waals surface area contributed by atoms with Crippen LogP contribution in [0.2, 0.25) is 0 Å². The molecule has 0 fully saturated rings. The molecular weight excluding hydrogens is 376 g/mol. The molecule has 0 spiro atoms. The minimum absolute atomic E-state index is 0.107. The van der Waals surface area contributed by atoms with Crippen molar-refractivity contribution >= 4 is 11.9 Å². The van der Waals surface area contributed by atoms with Gasteiger partial charge in [0.15, 0.2) is 6.61 Å². The van der Waals surface area contributed by atoms with Crippen LogP contribution in [0.15, 0.2) is 53.2 Å². The van der Waals surface area contributed by atoms with Gasteiger partial charge in [0.05, 0.1) is 0 Å². The van der Waals surface area contributed by atoms with Crippen LogP contribution in [0, 0.1) is 0 Å². The van der Waals surface area contributed by atoms with Crippen LogP contribution in [-0.4, -0.2) is 45.3 Å². The zero-order valence-corrected chi connectivity index (χ0v) is 15.6. The summed E-state index contributed by atoms with van der Waals surface area (Å²) in [4.78, 5) is 30.9. The molecule has 0 aliphatic carbocycles. The van der Waals surface area contributed by atoms with Gasteiger partial charge in [-0.05, 0) is 36.2 Å². The second-order valence-electron chi connectivity index (χ2n) is 6.15. The van der Waals surface area contributed by atoms with Gasteiger partial charge in [-0.2, -0.15) is 4.98 Å². The highest BCUT2D eigenvalue weighted by atomic mass is 16.5. The van der Waals surface area contributed by atoms with Crippen molar-refractivity contribution in [2.45, 2.75) is 19.3 Å². The first-order valence-electron chi connectivity index (χ1n) is 9.04. The summed E-state index contributed by atoms with van der Waals surface area (Å²) in [5.41, 5.74) is 1.62. The Morgan fingerprint density at radius 2 is 1.93 bits per heavy atom. The summed E-state index contributed by atoms with van der Waals surface area (Å²) < 4.78 is 10.2. The lowest BCUT2D eigenvalue weighted by atomic mass is 10.1. The van der Waals surface area contributed by atoms with E-state index in [0.717, 1.165) is 5.56 Å². The Bertz CT molecular complexity index is 941. The zero-order valence-electron chi connectivity index (χ0n) is 15.6. The van der Waals surface area contributed by atoms with Crippen molar-refractivity contribution in [1.29, 1.82) is 0 Å². The van der Waals surface area contributed by atoms with Crippen LogP contribution in [0.5, 0.6) is 5.75 Å². The Hall–Kier alpha value is -3.75. The summed E-state index contributed by atoms with van der Waals surface area (Å²) in [6, 6.07) is 12.5. The van der Waals surface area contributed by atoms with Gasteiger partial charge in [-0.1, -0.05) is 23.4 Å². The van der Waals surface area contributed by atoms with E-state index in [-0.39, 0.29) is 18.9 Å². The van der Waals surface area contributed by atoms with Crippen molar-refractivity contribution in [3.05, 3.63) is 60.1 Å². The highest BCUT2D eigenvalue weighted by Crippen LogP contribution is 2.13. The molecule has 0 radical (unpaired) electrons. The van der Waals surface area contributed by atoms with Gasteiger partial charge in [0.1, 0.15) is 11.4 Å². The average Bonchev–Trinajstić information content (AvgIpc) is 3.21. The van der Waals surface area contributed by atoms with E-state index in [2.05, 4.69) is 20.4 Å². The molecule has 0 aliphatic rings. The van der Waals surface area contributed by atoms with Crippen molar-refractivity contribution < 1.29 is 24.0 Å². The predicted octanol–water partition coefficient (Wildman–Crippen LogP) is 1.89. The normalized spacial score (nSPS) is 10.5. The van der Waals surface area contributed by atoms with Gasteiger partial charge in [0, 0.05) is 25.6 Å². The molecule has 150 valence electrons. The molecule has 9 nitrogen and oxygen atoms in total. The lowest BCUT2D eigenvalue weighted by molar-refractivity contribution is -0.139. The summed E-state index contributed by atoms with van der Waals surface area (Å²) in [5.74, 6) is 0.147. The number of carboxylic acids is 1. The monoisotopic (exact) mass is 396 g/mol. The molecule has 3 rings (SSSR count). The van der Waals surface area contributed by atoms with Gasteiger partial charge in [-0.25, -0.2) is 4.79 Å². The number of hydrogen-bond acceptors (Lipinski definition) is 7. The number of benzene rings is 1. The molecule has 3 aromatic rings. The van der Waals surface area contributed by atoms with Crippen molar-refractivity contribution in [3.63, 3.8) is 0 Å². The van der Waals surface area contributed by atoms with Gasteiger partial charge >= 0.3 is 5.97 Å². The molecule has 0 atom stereocenters. The zero-order chi connectivity index (χ0) is 20.5. The molecule has 29 heavy (non-hydrogen) atoms. The van der Waals surface area contributed by atoms with Crippen molar-refractivity contribution in [2.24, 2.45) is 0 Å². The van der Waals surface area contributed by atoms with Crippen molar-refractivity contribution in [2.75, 3.05) is 13.2 Å².